The molecule has 0 fully saturated rings. The number of benzene rings is 1. The standard InChI is InChI=1S/C12H10N4/c1-9-6-12(15-14-7-9)16-8-13-10-4-2-3-5-11(10)16/h2-8H,1H3. The van der Waals surface area contributed by atoms with Crippen LogP contribution < -0.4 is 0 Å². The Morgan fingerprint density at radius 1 is 1.19 bits per heavy atom. The van der Waals surface area contributed by atoms with E-state index in [1.165, 1.54) is 0 Å². The summed E-state index contributed by atoms with van der Waals surface area (Å²) in [5.74, 6) is 0.800. The summed E-state index contributed by atoms with van der Waals surface area (Å²) in [5, 5.41) is 8.05. The van der Waals surface area contributed by atoms with E-state index in [9.17, 15) is 0 Å². The van der Waals surface area contributed by atoms with Crippen molar-refractivity contribution in [2.45, 2.75) is 6.92 Å². The van der Waals surface area contributed by atoms with Gasteiger partial charge in [-0.2, -0.15) is 5.10 Å². The van der Waals surface area contributed by atoms with Crippen LogP contribution in [0.15, 0.2) is 42.9 Å². The Balaban J connectivity index is 2.26. The Labute approximate surface area is 92.6 Å². The van der Waals surface area contributed by atoms with E-state index in [1.54, 1.807) is 12.5 Å². The highest BCUT2D eigenvalue weighted by atomic mass is 15.2. The quantitative estimate of drug-likeness (QED) is 0.618. The molecule has 0 atom stereocenters. The van der Waals surface area contributed by atoms with Crippen LogP contribution in [0.3, 0.4) is 0 Å². The van der Waals surface area contributed by atoms with E-state index in [0.717, 1.165) is 22.4 Å². The van der Waals surface area contributed by atoms with Crippen molar-refractivity contribution < 1.29 is 0 Å². The summed E-state index contributed by atoms with van der Waals surface area (Å²) >= 11 is 0. The van der Waals surface area contributed by atoms with Gasteiger partial charge in [0.2, 0.25) is 0 Å². The molecule has 0 spiro atoms. The van der Waals surface area contributed by atoms with Gasteiger partial charge in [-0.15, -0.1) is 5.10 Å². The second kappa shape index (κ2) is 3.41. The van der Waals surface area contributed by atoms with Gasteiger partial charge in [-0.1, -0.05) is 12.1 Å². The molecule has 4 nitrogen and oxygen atoms in total. The smallest absolute Gasteiger partial charge is 0.161 e. The van der Waals surface area contributed by atoms with Crippen molar-refractivity contribution in [2.75, 3.05) is 0 Å². The van der Waals surface area contributed by atoms with Crippen molar-refractivity contribution in [1.29, 1.82) is 0 Å². The second-order valence-corrected chi connectivity index (χ2v) is 3.69. The number of para-hydroxylation sites is 2. The topological polar surface area (TPSA) is 43.6 Å². The molecule has 0 bridgehead atoms. The molecule has 0 saturated heterocycles. The highest BCUT2D eigenvalue weighted by Gasteiger charge is 2.04. The van der Waals surface area contributed by atoms with Crippen LogP contribution in [0.4, 0.5) is 0 Å². The molecule has 3 aromatic rings. The minimum absolute atomic E-state index is 0.800. The van der Waals surface area contributed by atoms with Crippen LogP contribution in [-0.2, 0) is 0 Å². The molecule has 1 aromatic carbocycles. The van der Waals surface area contributed by atoms with Crippen LogP contribution in [0.25, 0.3) is 16.9 Å². The molecule has 3 rings (SSSR count). The molecule has 16 heavy (non-hydrogen) atoms. The molecule has 0 aliphatic carbocycles. The molecule has 0 amide bonds. The van der Waals surface area contributed by atoms with E-state index in [2.05, 4.69) is 15.2 Å². The molecule has 0 aliphatic rings. The van der Waals surface area contributed by atoms with Gasteiger partial charge in [0.1, 0.15) is 6.33 Å². The number of aromatic nitrogens is 4. The molecule has 2 aromatic heterocycles. The van der Waals surface area contributed by atoms with Gasteiger partial charge in [0, 0.05) is 0 Å². The highest BCUT2D eigenvalue weighted by Crippen LogP contribution is 2.16. The summed E-state index contributed by atoms with van der Waals surface area (Å²) in [7, 11) is 0. The third-order valence-electron chi connectivity index (χ3n) is 2.48. The highest BCUT2D eigenvalue weighted by molar-refractivity contribution is 5.76. The molecule has 0 unspecified atom stereocenters. The third-order valence-corrected chi connectivity index (χ3v) is 2.48. The zero-order chi connectivity index (χ0) is 11.0. The van der Waals surface area contributed by atoms with Crippen LogP contribution in [-0.4, -0.2) is 19.7 Å². The Morgan fingerprint density at radius 3 is 2.94 bits per heavy atom. The maximum Gasteiger partial charge on any atom is 0.161 e. The van der Waals surface area contributed by atoms with Crippen LogP contribution in [0.2, 0.25) is 0 Å². The molecule has 0 saturated carbocycles. The monoisotopic (exact) mass is 210 g/mol. The van der Waals surface area contributed by atoms with Gasteiger partial charge in [0.25, 0.3) is 0 Å². The van der Waals surface area contributed by atoms with Crippen LogP contribution in [0.5, 0.6) is 0 Å². The normalized spacial score (nSPS) is 10.8. The number of hydrogen-bond donors (Lipinski definition) is 0. The van der Waals surface area contributed by atoms with Gasteiger partial charge in [-0.3, -0.25) is 4.57 Å². The summed E-state index contributed by atoms with van der Waals surface area (Å²) in [6, 6.07) is 9.95. The van der Waals surface area contributed by atoms with Crippen LogP contribution in [0, 0.1) is 6.92 Å². The van der Waals surface area contributed by atoms with E-state index < -0.39 is 0 Å². The minimum Gasteiger partial charge on any atom is -0.281 e. The predicted octanol–water partition coefficient (Wildman–Crippen LogP) is 2.12. The molecule has 0 radical (unpaired) electrons. The zero-order valence-electron chi connectivity index (χ0n) is 8.83. The molecule has 4 heteroatoms. The number of fused-ring (bicyclic) bond motifs is 1. The van der Waals surface area contributed by atoms with E-state index in [1.807, 2.05) is 41.8 Å². The first kappa shape index (κ1) is 9.03. The zero-order valence-corrected chi connectivity index (χ0v) is 8.83. The number of rotatable bonds is 1. The van der Waals surface area contributed by atoms with Gasteiger partial charge in [-0.05, 0) is 30.7 Å². The fourth-order valence-corrected chi connectivity index (χ4v) is 1.71. The Morgan fingerprint density at radius 2 is 2.06 bits per heavy atom. The van der Waals surface area contributed by atoms with Crippen LogP contribution >= 0.6 is 0 Å². The van der Waals surface area contributed by atoms with Gasteiger partial charge in [-0.25, -0.2) is 4.98 Å². The summed E-state index contributed by atoms with van der Waals surface area (Å²) in [6.45, 7) is 2.00. The fourth-order valence-electron chi connectivity index (χ4n) is 1.71. The van der Waals surface area contributed by atoms with E-state index in [4.69, 9.17) is 0 Å². The first-order valence-electron chi connectivity index (χ1n) is 5.06. The SMILES string of the molecule is Cc1cnnc(-n2cnc3ccccc32)c1. The lowest BCUT2D eigenvalue weighted by Crippen LogP contribution is -1.97. The van der Waals surface area contributed by atoms with E-state index in [-0.39, 0.29) is 0 Å². The summed E-state index contributed by atoms with van der Waals surface area (Å²) in [4.78, 5) is 4.32. The average Bonchev–Trinajstić information content (AvgIpc) is 2.72. The Hall–Kier alpha value is -2.23. The van der Waals surface area contributed by atoms with E-state index in [0.29, 0.717) is 0 Å². The average molecular weight is 210 g/mol. The molecule has 2 heterocycles. The van der Waals surface area contributed by atoms with Crippen LogP contribution in [0.1, 0.15) is 5.56 Å². The van der Waals surface area contributed by atoms with Crippen molar-refractivity contribution in [3.63, 3.8) is 0 Å². The first-order valence-corrected chi connectivity index (χ1v) is 5.06. The van der Waals surface area contributed by atoms with Crippen molar-refractivity contribution in [1.82, 2.24) is 19.7 Å². The Kier molecular flexibility index (Phi) is 1.93. The van der Waals surface area contributed by atoms with Crippen molar-refractivity contribution >= 4 is 11.0 Å². The largest absolute Gasteiger partial charge is 0.281 e. The summed E-state index contributed by atoms with van der Waals surface area (Å²) in [5.41, 5.74) is 3.09. The van der Waals surface area contributed by atoms with Crippen molar-refractivity contribution in [2.24, 2.45) is 0 Å². The maximum atomic E-state index is 4.32. The second-order valence-electron chi connectivity index (χ2n) is 3.69. The fraction of sp³-hybridized carbons (Fsp3) is 0.0833. The lowest BCUT2D eigenvalue weighted by atomic mass is 10.3. The van der Waals surface area contributed by atoms with Crippen molar-refractivity contribution in [3.8, 4) is 5.82 Å². The molecule has 0 N–H and O–H groups in total. The first-order chi connectivity index (χ1) is 7.84. The number of imidazole rings is 1. The van der Waals surface area contributed by atoms with Gasteiger partial charge >= 0.3 is 0 Å². The number of hydrogen-bond acceptors (Lipinski definition) is 3. The van der Waals surface area contributed by atoms with Gasteiger partial charge in [0.15, 0.2) is 5.82 Å². The minimum atomic E-state index is 0.800. The lowest BCUT2D eigenvalue weighted by molar-refractivity contribution is 0.919. The number of aryl methyl sites for hydroxylation is 1. The molecular weight excluding hydrogens is 200 g/mol. The maximum absolute atomic E-state index is 4.32. The van der Waals surface area contributed by atoms with Gasteiger partial charge in [0.05, 0.1) is 17.2 Å². The lowest BCUT2D eigenvalue weighted by Gasteiger charge is -2.02. The Bertz CT molecular complexity index is 642. The van der Waals surface area contributed by atoms with E-state index >= 15 is 0 Å². The third kappa shape index (κ3) is 1.35. The molecular formula is C12H10N4. The van der Waals surface area contributed by atoms with Gasteiger partial charge < -0.3 is 0 Å². The predicted molar refractivity (Wildman–Crippen MR) is 61.4 cm³/mol. The molecule has 0 aliphatic heterocycles. The number of nitrogens with zero attached hydrogens (tertiary/aromatic N) is 4. The molecule has 78 valence electrons. The summed E-state index contributed by atoms with van der Waals surface area (Å²) < 4.78 is 1.94. The summed E-state index contributed by atoms with van der Waals surface area (Å²) in [6.07, 6.45) is 3.51. The van der Waals surface area contributed by atoms with Crippen molar-refractivity contribution in [3.05, 3.63) is 48.4 Å².